The van der Waals surface area contributed by atoms with Gasteiger partial charge >= 0.3 is 0 Å². The second kappa shape index (κ2) is 6.48. The SMILES string of the molecule is CCN(Cc1nc2ccccc2c(=O)[nH]1)C(=O)c1cc2ccccc2o1. The Hall–Kier alpha value is -3.41. The van der Waals surface area contributed by atoms with Gasteiger partial charge in [-0.15, -0.1) is 0 Å². The number of amides is 1. The maximum Gasteiger partial charge on any atom is 0.290 e. The molecule has 4 rings (SSSR count). The molecule has 2 heterocycles. The number of nitrogens with zero attached hydrogens (tertiary/aromatic N) is 2. The van der Waals surface area contributed by atoms with Gasteiger partial charge < -0.3 is 14.3 Å². The highest BCUT2D eigenvalue weighted by Crippen LogP contribution is 2.20. The van der Waals surface area contributed by atoms with E-state index in [0.717, 1.165) is 5.39 Å². The molecule has 130 valence electrons. The second-order valence-corrected chi connectivity index (χ2v) is 6.00. The van der Waals surface area contributed by atoms with Crippen LogP contribution in [-0.4, -0.2) is 27.3 Å². The van der Waals surface area contributed by atoms with Crippen LogP contribution in [0.3, 0.4) is 0 Å². The van der Waals surface area contributed by atoms with Gasteiger partial charge in [0.2, 0.25) is 0 Å². The summed E-state index contributed by atoms with van der Waals surface area (Å²) in [5.41, 5.74) is 1.07. The molecule has 1 N–H and O–H groups in total. The molecule has 0 aliphatic rings. The molecule has 2 aromatic carbocycles. The number of carbonyl (C=O) groups excluding carboxylic acids is 1. The summed E-state index contributed by atoms with van der Waals surface area (Å²) in [4.78, 5) is 33.8. The van der Waals surface area contributed by atoms with Crippen molar-refractivity contribution in [2.75, 3.05) is 6.54 Å². The molecule has 26 heavy (non-hydrogen) atoms. The fourth-order valence-electron chi connectivity index (χ4n) is 2.96. The lowest BCUT2D eigenvalue weighted by Gasteiger charge is -2.19. The number of rotatable bonds is 4. The van der Waals surface area contributed by atoms with Crippen LogP contribution in [0.25, 0.3) is 21.9 Å². The van der Waals surface area contributed by atoms with Gasteiger partial charge in [-0.2, -0.15) is 0 Å². The van der Waals surface area contributed by atoms with E-state index < -0.39 is 0 Å². The standard InChI is InChI=1S/C20H17N3O3/c1-2-23(20(25)17-11-13-7-3-6-10-16(13)26-17)12-18-21-15-9-5-4-8-14(15)19(24)22-18/h3-11H,2,12H2,1H3,(H,21,22,24). The molecular formula is C20H17N3O3. The van der Waals surface area contributed by atoms with E-state index in [4.69, 9.17) is 4.42 Å². The maximum atomic E-state index is 12.8. The van der Waals surface area contributed by atoms with Crippen molar-refractivity contribution in [2.24, 2.45) is 0 Å². The Kier molecular flexibility index (Phi) is 4.01. The van der Waals surface area contributed by atoms with Crippen LogP contribution in [0.4, 0.5) is 0 Å². The smallest absolute Gasteiger partial charge is 0.290 e. The highest BCUT2D eigenvalue weighted by atomic mass is 16.3. The van der Waals surface area contributed by atoms with Gasteiger partial charge in [-0.3, -0.25) is 9.59 Å². The molecule has 6 heteroatoms. The van der Waals surface area contributed by atoms with Crippen LogP contribution >= 0.6 is 0 Å². The van der Waals surface area contributed by atoms with E-state index in [1.54, 1.807) is 29.2 Å². The largest absolute Gasteiger partial charge is 0.451 e. The minimum absolute atomic E-state index is 0.201. The van der Waals surface area contributed by atoms with Crippen molar-refractivity contribution in [1.29, 1.82) is 0 Å². The third kappa shape index (κ3) is 2.86. The summed E-state index contributed by atoms with van der Waals surface area (Å²) in [5, 5.41) is 1.41. The number of fused-ring (bicyclic) bond motifs is 2. The first-order valence-corrected chi connectivity index (χ1v) is 8.41. The van der Waals surface area contributed by atoms with Crippen molar-refractivity contribution >= 4 is 27.8 Å². The molecule has 4 aromatic rings. The number of benzene rings is 2. The van der Waals surface area contributed by atoms with E-state index in [-0.39, 0.29) is 23.8 Å². The Balaban J connectivity index is 1.65. The molecule has 0 spiro atoms. The quantitative estimate of drug-likeness (QED) is 0.614. The van der Waals surface area contributed by atoms with E-state index >= 15 is 0 Å². The number of para-hydroxylation sites is 2. The zero-order valence-electron chi connectivity index (χ0n) is 14.2. The number of carbonyl (C=O) groups is 1. The van der Waals surface area contributed by atoms with Crippen LogP contribution in [0.1, 0.15) is 23.3 Å². The molecule has 0 aliphatic heterocycles. The first-order valence-electron chi connectivity index (χ1n) is 8.41. The fraction of sp³-hybridized carbons (Fsp3) is 0.150. The predicted molar refractivity (Wildman–Crippen MR) is 99.0 cm³/mol. The van der Waals surface area contributed by atoms with Gasteiger partial charge in [0, 0.05) is 11.9 Å². The lowest BCUT2D eigenvalue weighted by Crippen LogP contribution is -2.31. The molecule has 0 aliphatic carbocycles. The van der Waals surface area contributed by atoms with Crippen molar-refractivity contribution < 1.29 is 9.21 Å². The summed E-state index contributed by atoms with van der Waals surface area (Å²) in [6.45, 7) is 2.54. The van der Waals surface area contributed by atoms with Crippen molar-refractivity contribution in [2.45, 2.75) is 13.5 Å². The lowest BCUT2D eigenvalue weighted by atomic mass is 10.2. The zero-order valence-corrected chi connectivity index (χ0v) is 14.2. The molecule has 0 atom stereocenters. The molecule has 6 nitrogen and oxygen atoms in total. The molecule has 2 aromatic heterocycles. The molecule has 0 fully saturated rings. The van der Waals surface area contributed by atoms with Gasteiger partial charge in [0.05, 0.1) is 17.4 Å². The van der Waals surface area contributed by atoms with Gasteiger partial charge in [0.15, 0.2) is 5.76 Å². The van der Waals surface area contributed by atoms with Crippen molar-refractivity contribution in [3.63, 3.8) is 0 Å². The number of hydrogen-bond donors (Lipinski definition) is 1. The summed E-state index contributed by atoms with van der Waals surface area (Å²) in [6.07, 6.45) is 0. The zero-order chi connectivity index (χ0) is 18.1. The van der Waals surface area contributed by atoms with E-state index in [2.05, 4.69) is 9.97 Å². The Morgan fingerprint density at radius 2 is 1.92 bits per heavy atom. The third-order valence-electron chi connectivity index (χ3n) is 4.31. The minimum Gasteiger partial charge on any atom is -0.451 e. The number of aromatic amines is 1. The Morgan fingerprint density at radius 1 is 1.15 bits per heavy atom. The van der Waals surface area contributed by atoms with Crippen molar-refractivity contribution in [1.82, 2.24) is 14.9 Å². The summed E-state index contributed by atoms with van der Waals surface area (Å²) < 4.78 is 5.66. The Labute approximate surface area is 149 Å². The normalized spacial score (nSPS) is 11.1. The Morgan fingerprint density at radius 3 is 2.73 bits per heavy atom. The first kappa shape index (κ1) is 16.1. The van der Waals surface area contributed by atoms with E-state index in [1.165, 1.54) is 0 Å². The van der Waals surface area contributed by atoms with Gasteiger partial charge in [0.25, 0.3) is 11.5 Å². The summed E-state index contributed by atoms with van der Waals surface area (Å²) in [5.74, 6) is 0.482. The Bertz CT molecular complexity index is 1130. The monoisotopic (exact) mass is 347 g/mol. The third-order valence-corrected chi connectivity index (χ3v) is 4.31. The highest BCUT2D eigenvalue weighted by molar-refractivity contribution is 5.96. The number of aromatic nitrogens is 2. The lowest BCUT2D eigenvalue weighted by molar-refractivity contribution is 0.0718. The molecule has 0 unspecified atom stereocenters. The topological polar surface area (TPSA) is 79.2 Å². The molecular weight excluding hydrogens is 330 g/mol. The van der Waals surface area contributed by atoms with Crippen LogP contribution < -0.4 is 5.56 Å². The van der Waals surface area contributed by atoms with Crippen LogP contribution in [-0.2, 0) is 6.54 Å². The molecule has 0 saturated carbocycles. The fourth-order valence-corrected chi connectivity index (χ4v) is 2.96. The predicted octanol–water partition coefficient (Wildman–Crippen LogP) is 3.33. The van der Waals surface area contributed by atoms with Crippen LogP contribution in [0.2, 0.25) is 0 Å². The van der Waals surface area contributed by atoms with Crippen LogP contribution in [0, 0.1) is 0 Å². The van der Waals surface area contributed by atoms with Gasteiger partial charge in [-0.05, 0) is 31.2 Å². The van der Waals surface area contributed by atoms with E-state index in [1.807, 2.05) is 37.3 Å². The first-order chi connectivity index (χ1) is 12.7. The number of furan rings is 1. The van der Waals surface area contributed by atoms with Gasteiger partial charge in [-0.1, -0.05) is 30.3 Å². The molecule has 0 radical (unpaired) electrons. The van der Waals surface area contributed by atoms with E-state index in [9.17, 15) is 9.59 Å². The average Bonchev–Trinajstić information content (AvgIpc) is 3.10. The van der Waals surface area contributed by atoms with Gasteiger partial charge in [-0.25, -0.2) is 4.98 Å². The van der Waals surface area contributed by atoms with Crippen LogP contribution in [0.15, 0.2) is 63.8 Å². The van der Waals surface area contributed by atoms with Gasteiger partial charge in [0.1, 0.15) is 11.4 Å². The molecule has 0 saturated heterocycles. The highest BCUT2D eigenvalue weighted by Gasteiger charge is 2.20. The maximum absolute atomic E-state index is 12.8. The average molecular weight is 347 g/mol. The van der Waals surface area contributed by atoms with Crippen LogP contribution in [0.5, 0.6) is 0 Å². The summed E-state index contributed by atoms with van der Waals surface area (Å²) in [7, 11) is 0. The summed E-state index contributed by atoms with van der Waals surface area (Å²) in [6, 6.07) is 16.3. The van der Waals surface area contributed by atoms with E-state index in [0.29, 0.717) is 28.9 Å². The number of nitrogens with one attached hydrogen (secondary N) is 1. The number of hydrogen-bond acceptors (Lipinski definition) is 4. The second-order valence-electron chi connectivity index (χ2n) is 6.00. The minimum atomic E-state index is -0.237. The summed E-state index contributed by atoms with van der Waals surface area (Å²) >= 11 is 0. The molecule has 1 amide bonds. The molecule has 0 bridgehead atoms. The van der Waals surface area contributed by atoms with Crippen molar-refractivity contribution in [3.8, 4) is 0 Å². The van der Waals surface area contributed by atoms with Crippen molar-refractivity contribution in [3.05, 3.63) is 76.5 Å². The number of H-pyrrole nitrogens is 1.